The van der Waals surface area contributed by atoms with E-state index >= 15 is 0 Å². The summed E-state index contributed by atoms with van der Waals surface area (Å²) in [5, 5.41) is 78.6. The molecule has 31 heavy (non-hydrogen) atoms. The summed E-state index contributed by atoms with van der Waals surface area (Å²) in [5.41, 5.74) is 5.45. The van der Waals surface area contributed by atoms with Crippen LogP contribution < -0.4 is 0 Å². The molecule has 182 valence electrons. The first-order valence-corrected chi connectivity index (χ1v) is 7.77. The van der Waals surface area contributed by atoms with E-state index in [1.165, 1.54) is 0 Å². The summed E-state index contributed by atoms with van der Waals surface area (Å²) in [6.07, 6.45) is -6.91. The standard InChI is InChI=1S/C6H11N3O6.4C2H4O2/c7-9-8-6(14)4(12)3(11)2(1-10)15-5(6)13;4*1-2(3)4/h2-5,10-14H,1H2;4*1H3,(H,3,4)/t2-,3-,4+,5-,6-;;;;/m1..../s1. The summed E-state index contributed by atoms with van der Waals surface area (Å²) < 4.78 is 4.57. The second-order valence-electron chi connectivity index (χ2n) is 5.19. The van der Waals surface area contributed by atoms with Crippen molar-refractivity contribution in [2.75, 3.05) is 6.61 Å². The van der Waals surface area contributed by atoms with E-state index in [1.54, 1.807) is 0 Å². The van der Waals surface area contributed by atoms with E-state index in [1.807, 2.05) is 0 Å². The maximum absolute atomic E-state index is 9.50. The SMILES string of the molecule is CC(=O)O.CC(=O)O.CC(=O)O.CC(=O)O.[N-]=[N+]=N[C@]1(O)[C@H](O)O[C@H](CO)[C@@H](O)[C@@H]1O. The number of nitrogens with zero attached hydrogens (tertiary/aromatic N) is 3. The molecule has 0 unspecified atom stereocenters. The molecule has 0 amide bonds. The van der Waals surface area contributed by atoms with Crippen molar-refractivity contribution in [2.45, 2.75) is 58.0 Å². The van der Waals surface area contributed by atoms with Gasteiger partial charge in [0.2, 0.25) is 5.72 Å². The Kier molecular flexibility index (Phi) is 21.6. The van der Waals surface area contributed by atoms with Gasteiger partial charge in [0.1, 0.15) is 18.3 Å². The largest absolute Gasteiger partial charge is 0.481 e. The smallest absolute Gasteiger partial charge is 0.300 e. The highest BCUT2D eigenvalue weighted by atomic mass is 16.6. The molecule has 0 saturated carbocycles. The molecule has 0 spiro atoms. The molecule has 0 aromatic heterocycles. The van der Waals surface area contributed by atoms with Crippen molar-refractivity contribution in [2.24, 2.45) is 5.11 Å². The molecule has 0 aromatic rings. The van der Waals surface area contributed by atoms with Crippen LogP contribution in [0, 0.1) is 0 Å². The van der Waals surface area contributed by atoms with Crippen molar-refractivity contribution in [3.05, 3.63) is 10.4 Å². The van der Waals surface area contributed by atoms with Gasteiger partial charge in [0.15, 0.2) is 6.29 Å². The third-order valence-corrected chi connectivity index (χ3v) is 2.19. The van der Waals surface area contributed by atoms with E-state index in [2.05, 4.69) is 14.8 Å². The van der Waals surface area contributed by atoms with Crippen LogP contribution in [0.4, 0.5) is 0 Å². The number of carbonyl (C=O) groups is 4. The number of ether oxygens (including phenoxy) is 1. The van der Waals surface area contributed by atoms with Crippen LogP contribution >= 0.6 is 0 Å². The third kappa shape index (κ3) is 23.1. The average Bonchev–Trinajstić information content (AvgIpc) is 2.55. The molecule has 0 radical (unpaired) electrons. The van der Waals surface area contributed by atoms with E-state index in [9.17, 15) is 20.4 Å². The van der Waals surface area contributed by atoms with Crippen molar-refractivity contribution in [3.63, 3.8) is 0 Å². The first-order chi connectivity index (χ1) is 13.9. The predicted molar refractivity (Wildman–Crippen MR) is 97.3 cm³/mol. The summed E-state index contributed by atoms with van der Waals surface area (Å²) >= 11 is 0. The van der Waals surface area contributed by atoms with Gasteiger partial charge in [-0.05, 0) is 5.53 Å². The highest BCUT2D eigenvalue weighted by Gasteiger charge is 2.54. The van der Waals surface area contributed by atoms with E-state index in [4.69, 9.17) is 50.2 Å². The number of hydrogen-bond donors (Lipinski definition) is 9. The Balaban J connectivity index is -0.000000187. The van der Waals surface area contributed by atoms with Crippen LogP contribution in [0.3, 0.4) is 0 Å². The van der Waals surface area contributed by atoms with Gasteiger partial charge in [-0.1, -0.05) is 5.11 Å². The van der Waals surface area contributed by atoms with Gasteiger partial charge in [-0.2, -0.15) is 0 Å². The number of hydrogen-bond acceptors (Lipinski definition) is 11. The third-order valence-electron chi connectivity index (χ3n) is 2.19. The molecule has 1 aliphatic rings. The van der Waals surface area contributed by atoms with Crippen molar-refractivity contribution in [3.8, 4) is 0 Å². The van der Waals surface area contributed by atoms with Gasteiger partial charge in [-0.3, -0.25) is 19.2 Å². The Morgan fingerprint density at radius 3 is 1.42 bits per heavy atom. The Hall–Kier alpha value is -3.05. The van der Waals surface area contributed by atoms with Gasteiger partial charge >= 0.3 is 0 Å². The summed E-state index contributed by atoms with van der Waals surface area (Å²) in [5.74, 6) is -3.33. The van der Waals surface area contributed by atoms with E-state index < -0.39 is 60.8 Å². The Bertz CT molecular complexity index is 545. The lowest BCUT2D eigenvalue weighted by atomic mass is 9.94. The molecule has 1 fully saturated rings. The minimum Gasteiger partial charge on any atom is -0.481 e. The number of carboxylic acid groups (broad SMARTS) is 4. The van der Waals surface area contributed by atoms with Crippen LogP contribution in [0.2, 0.25) is 0 Å². The Morgan fingerprint density at radius 2 is 1.19 bits per heavy atom. The van der Waals surface area contributed by atoms with Crippen LogP contribution in [0.5, 0.6) is 0 Å². The Labute approximate surface area is 175 Å². The van der Waals surface area contributed by atoms with Gasteiger partial charge in [-0.25, -0.2) is 0 Å². The van der Waals surface area contributed by atoms with Crippen molar-refractivity contribution >= 4 is 23.9 Å². The van der Waals surface area contributed by atoms with Crippen LogP contribution in [-0.2, 0) is 23.9 Å². The van der Waals surface area contributed by atoms with Crippen LogP contribution in [0.1, 0.15) is 27.7 Å². The second-order valence-corrected chi connectivity index (χ2v) is 5.19. The lowest BCUT2D eigenvalue weighted by Crippen LogP contribution is -2.65. The molecular weight excluding hydrogens is 434 g/mol. The van der Waals surface area contributed by atoms with Gasteiger partial charge in [0.05, 0.1) is 6.61 Å². The fourth-order valence-electron chi connectivity index (χ4n) is 1.28. The molecule has 0 bridgehead atoms. The number of aliphatic hydroxyl groups is 5. The number of carboxylic acids is 4. The maximum atomic E-state index is 9.50. The molecule has 1 saturated heterocycles. The molecule has 17 nitrogen and oxygen atoms in total. The zero-order valence-electron chi connectivity index (χ0n) is 16.9. The molecule has 17 heteroatoms. The molecular formula is C14H27N3O14. The number of azide groups is 1. The first kappa shape index (κ1) is 35.4. The molecule has 1 rings (SSSR count). The molecule has 0 aromatic carbocycles. The maximum Gasteiger partial charge on any atom is 0.300 e. The lowest BCUT2D eigenvalue weighted by Gasteiger charge is -2.43. The second kappa shape index (κ2) is 18.9. The van der Waals surface area contributed by atoms with Gasteiger partial charge in [0, 0.05) is 32.6 Å². The lowest BCUT2D eigenvalue weighted by molar-refractivity contribution is -0.327. The normalized spacial score (nSPS) is 25.5. The van der Waals surface area contributed by atoms with Gasteiger partial charge < -0.3 is 50.7 Å². The highest BCUT2D eigenvalue weighted by molar-refractivity contribution is 5.63. The topological polar surface area (TPSA) is 308 Å². The van der Waals surface area contributed by atoms with Crippen molar-refractivity contribution in [1.29, 1.82) is 0 Å². The van der Waals surface area contributed by atoms with Crippen LogP contribution in [0.25, 0.3) is 10.4 Å². The minimum absolute atomic E-state index is 0.665. The molecule has 5 atom stereocenters. The Morgan fingerprint density at radius 1 is 0.903 bits per heavy atom. The van der Waals surface area contributed by atoms with Crippen molar-refractivity contribution in [1.82, 2.24) is 0 Å². The summed E-state index contributed by atoms with van der Waals surface area (Å²) in [6.45, 7) is 3.67. The highest BCUT2D eigenvalue weighted by Crippen LogP contribution is 2.29. The number of aliphatic hydroxyl groups excluding tert-OH is 4. The molecule has 0 aliphatic carbocycles. The number of rotatable bonds is 2. The quantitative estimate of drug-likeness (QED) is 0.119. The molecule has 9 N–H and O–H groups in total. The summed E-state index contributed by atoms with van der Waals surface area (Å²) in [4.78, 5) is 38.2. The fourth-order valence-corrected chi connectivity index (χ4v) is 1.28. The summed E-state index contributed by atoms with van der Waals surface area (Å²) in [6, 6.07) is 0. The average molecular weight is 461 g/mol. The van der Waals surface area contributed by atoms with E-state index in [0.29, 0.717) is 0 Å². The van der Waals surface area contributed by atoms with Gasteiger partial charge in [0.25, 0.3) is 23.9 Å². The van der Waals surface area contributed by atoms with Crippen LogP contribution in [0.15, 0.2) is 5.11 Å². The van der Waals surface area contributed by atoms with E-state index in [0.717, 1.165) is 27.7 Å². The minimum atomic E-state index is -2.67. The monoisotopic (exact) mass is 461 g/mol. The van der Waals surface area contributed by atoms with Crippen molar-refractivity contribution < 1.29 is 69.9 Å². The predicted octanol–water partition coefficient (Wildman–Crippen LogP) is -2.22. The zero-order valence-corrected chi connectivity index (χ0v) is 16.9. The van der Waals surface area contributed by atoms with Crippen LogP contribution in [-0.4, -0.2) is 107 Å². The van der Waals surface area contributed by atoms with E-state index in [-0.39, 0.29) is 0 Å². The van der Waals surface area contributed by atoms with Gasteiger partial charge in [-0.15, -0.1) is 0 Å². The molecule has 1 heterocycles. The number of aliphatic carboxylic acids is 4. The first-order valence-electron chi connectivity index (χ1n) is 7.77. The summed E-state index contributed by atoms with van der Waals surface area (Å²) in [7, 11) is 0. The molecule has 1 aliphatic heterocycles. The zero-order chi connectivity index (χ0) is 25.9. The fraction of sp³-hybridized carbons (Fsp3) is 0.714.